The van der Waals surface area contributed by atoms with Gasteiger partial charge in [-0.3, -0.25) is 4.79 Å². The Kier molecular flexibility index (Phi) is 4.18. The molecule has 0 unspecified atom stereocenters. The second-order valence-electron chi connectivity index (χ2n) is 5.06. The van der Waals surface area contributed by atoms with Crippen LogP contribution in [-0.2, 0) is 0 Å². The summed E-state index contributed by atoms with van der Waals surface area (Å²) in [5.41, 5.74) is 1.86. The second kappa shape index (κ2) is 5.85. The minimum atomic E-state index is 0.797. The quantitative estimate of drug-likeness (QED) is 0.739. The predicted octanol–water partition coefficient (Wildman–Crippen LogP) is 3.52. The van der Waals surface area contributed by atoms with E-state index in [0.29, 0.717) is 0 Å². The van der Waals surface area contributed by atoms with Crippen LogP contribution in [0, 0.1) is 5.92 Å². The Balaban J connectivity index is 2.02. The zero-order chi connectivity index (χ0) is 12.1. The first-order chi connectivity index (χ1) is 8.31. The van der Waals surface area contributed by atoms with Gasteiger partial charge in [-0.2, -0.15) is 0 Å². The van der Waals surface area contributed by atoms with E-state index in [0.717, 1.165) is 30.0 Å². The Morgan fingerprint density at radius 3 is 2.65 bits per heavy atom. The third kappa shape index (κ3) is 3.09. The first-order valence-electron chi connectivity index (χ1n) is 6.56. The average molecular weight is 231 g/mol. The SMILES string of the molecule is CN(CC1CCCCC1)c1ccccc1C=O. The number of nitrogens with zero attached hydrogens (tertiary/aromatic N) is 1. The van der Waals surface area contributed by atoms with Crippen LogP contribution in [0.3, 0.4) is 0 Å². The van der Waals surface area contributed by atoms with Crippen molar-refractivity contribution in [1.82, 2.24) is 0 Å². The number of carbonyl (C=O) groups excluding carboxylic acids is 1. The van der Waals surface area contributed by atoms with E-state index in [-0.39, 0.29) is 0 Å². The van der Waals surface area contributed by atoms with Crippen molar-refractivity contribution in [3.8, 4) is 0 Å². The highest BCUT2D eigenvalue weighted by atomic mass is 16.1. The fourth-order valence-electron chi connectivity index (χ4n) is 2.79. The molecule has 92 valence electrons. The van der Waals surface area contributed by atoms with Gasteiger partial charge in [0.1, 0.15) is 0 Å². The van der Waals surface area contributed by atoms with Gasteiger partial charge in [0.15, 0.2) is 6.29 Å². The predicted molar refractivity (Wildman–Crippen MR) is 71.7 cm³/mol. The van der Waals surface area contributed by atoms with Crippen LogP contribution in [0.4, 0.5) is 5.69 Å². The molecule has 0 heterocycles. The maximum absolute atomic E-state index is 11.0. The Hall–Kier alpha value is -1.31. The average Bonchev–Trinajstić information content (AvgIpc) is 2.40. The molecular formula is C15H21NO. The Bertz CT molecular complexity index is 369. The molecule has 0 bridgehead atoms. The first kappa shape index (κ1) is 12.2. The molecule has 1 aromatic carbocycles. The van der Waals surface area contributed by atoms with Crippen LogP contribution in [0.15, 0.2) is 24.3 Å². The van der Waals surface area contributed by atoms with E-state index in [2.05, 4.69) is 11.9 Å². The van der Waals surface area contributed by atoms with Gasteiger partial charge in [-0.1, -0.05) is 31.4 Å². The van der Waals surface area contributed by atoms with Gasteiger partial charge in [0, 0.05) is 24.8 Å². The monoisotopic (exact) mass is 231 g/mol. The number of anilines is 1. The van der Waals surface area contributed by atoms with Gasteiger partial charge < -0.3 is 4.90 Å². The molecule has 1 aliphatic carbocycles. The lowest BCUT2D eigenvalue weighted by Crippen LogP contribution is -2.27. The van der Waals surface area contributed by atoms with Gasteiger partial charge in [0.25, 0.3) is 0 Å². The maximum atomic E-state index is 11.0. The molecular weight excluding hydrogens is 210 g/mol. The van der Waals surface area contributed by atoms with Crippen LogP contribution in [-0.4, -0.2) is 19.9 Å². The molecule has 2 nitrogen and oxygen atoms in total. The summed E-state index contributed by atoms with van der Waals surface area (Å²) in [6.45, 7) is 1.07. The summed E-state index contributed by atoms with van der Waals surface area (Å²) in [7, 11) is 2.09. The molecule has 0 spiro atoms. The highest BCUT2D eigenvalue weighted by molar-refractivity contribution is 5.84. The molecule has 0 aliphatic heterocycles. The van der Waals surface area contributed by atoms with E-state index in [1.165, 1.54) is 32.1 Å². The number of hydrogen-bond donors (Lipinski definition) is 0. The minimum absolute atomic E-state index is 0.797. The Labute approximate surface area is 104 Å². The molecule has 0 atom stereocenters. The van der Waals surface area contributed by atoms with Gasteiger partial charge >= 0.3 is 0 Å². The van der Waals surface area contributed by atoms with E-state index in [4.69, 9.17) is 0 Å². The van der Waals surface area contributed by atoms with Crippen LogP contribution < -0.4 is 4.90 Å². The second-order valence-corrected chi connectivity index (χ2v) is 5.06. The molecule has 0 N–H and O–H groups in total. The zero-order valence-corrected chi connectivity index (χ0v) is 10.6. The summed E-state index contributed by atoms with van der Waals surface area (Å²) in [5, 5.41) is 0. The fraction of sp³-hybridized carbons (Fsp3) is 0.533. The van der Waals surface area contributed by atoms with Crippen molar-refractivity contribution >= 4 is 12.0 Å². The van der Waals surface area contributed by atoms with E-state index < -0.39 is 0 Å². The largest absolute Gasteiger partial charge is 0.374 e. The number of carbonyl (C=O) groups is 1. The van der Waals surface area contributed by atoms with Crippen molar-refractivity contribution in [2.45, 2.75) is 32.1 Å². The summed E-state index contributed by atoms with van der Waals surface area (Å²) < 4.78 is 0. The molecule has 0 radical (unpaired) electrons. The van der Waals surface area contributed by atoms with E-state index in [1.54, 1.807) is 0 Å². The summed E-state index contributed by atoms with van der Waals surface area (Å²) in [5.74, 6) is 0.799. The summed E-state index contributed by atoms with van der Waals surface area (Å²) in [6, 6.07) is 7.84. The van der Waals surface area contributed by atoms with Gasteiger partial charge in [0.2, 0.25) is 0 Å². The number of rotatable bonds is 4. The van der Waals surface area contributed by atoms with E-state index in [1.807, 2.05) is 24.3 Å². The van der Waals surface area contributed by atoms with Crippen LogP contribution in [0.5, 0.6) is 0 Å². The lowest BCUT2D eigenvalue weighted by atomic mass is 9.89. The lowest BCUT2D eigenvalue weighted by Gasteiger charge is -2.29. The molecule has 1 saturated carbocycles. The van der Waals surface area contributed by atoms with Crippen LogP contribution in [0.2, 0.25) is 0 Å². The number of para-hydroxylation sites is 1. The number of hydrogen-bond acceptors (Lipinski definition) is 2. The van der Waals surface area contributed by atoms with Crippen LogP contribution in [0.1, 0.15) is 42.5 Å². The first-order valence-corrected chi connectivity index (χ1v) is 6.56. The van der Waals surface area contributed by atoms with E-state index >= 15 is 0 Å². The molecule has 17 heavy (non-hydrogen) atoms. The molecule has 0 saturated heterocycles. The Morgan fingerprint density at radius 1 is 1.24 bits per heavy atom. The summed E-state index contributed by atoms with van der Waals surface area (Å²) >= 11 is 0. The fourth-order valence-corrected chi connectivity index (χ4v) is 2.79. The molecule has 1 fully saturated rings. The van der Waals surface area contributed by atoms with Crippen molar-refractivity contribution in [2.24, 2.45) is 5.92 Å². The van der Waals surface area contributed by atoms with Crippen molar-refractivity contribution in [1.29, 1.82) is 0 Å². The van der Waals surface area contributed by atoms with E-state index in [9.17, 15) is 4.79 Å². The van der Waals surface area contributed by atoms with Crippen molar-refractivity contribution in [3.63, 3.8) is 0 Å². The molecule has 1 aliphatic rings. The zero-order valence-electron chi connectivity index (χ0n) is 10.6. The Morgan fingerprint density at radius 2 is 1.94 bits per heavy atom. The molecule has 0 aromatic heterocycles. The van der Waals surface area contributed by atoms with Crippen LogP contribution in [0.25, 0.3) is 0 Å². The number of benzene rings is 1. The van der Waals surface area contributed by atoms with Gasteiger partial charge in [-0.25, -0.2) is 0 Å². The standard InChI is InChI=1S/C15H21NO/c1-16(11-13-7-3-2-4-8-13)15-10-6-5-9-14(15)12-17/h5-6,9-10,12-13H,2-4,7-8,11H2,1H3. The number of aldehydes is 1. The van der Waals surface area contributed by atoms with Crippen molar-refractivity contribution in [2.75, 3.05) is 18.5 Å². The van der Waals surface area contributed by atoms with Crippen molar-refractivity contribution < 1.29 is 4.79 Å². The highest BCUT2D eigenvalue weighted by Gasteiger charge is 2.16. The molecule has 1 aromatic rings. The summed E-state index contributed by atoms with van der Waals surface area (Å²) in [6.07, 6.45) is 7.76. The minimum Gasteiger partial charge on any atom is -0.374 e. The van der Waals surface area contributed by atoms with Crippen LogP contribution >= 0.6 is 0 Å². The third-order valence-corrected chi connectivity index (χ3v) is 3.73. The van der Waals surface area contributed by atoms with Gasteiger partial charge in [0.05, 0.1) is 0 Å². The van der Waals surface area contributed by atoms with Gasteiger partial charge in [-0.15, -0.1) is 0 Å². The normalized spacial score (nSPS) is 16.8. The highest BCUT2D eigenvalue weighted by Crippen LogP contribution is 2.26. The van der Waals surface area contributed by atoms with Crippen molar-refractivity contribution in [3.05, 3.63) is 29.8 Å². The topological polar surface area (TPSA) is 20.3 Å². The molecule has 2 heteroatoms. The molecule has 2 rings (SSSR count). The smallest absolute Gasteiger partial charge is 0.152 e. The third-order valence-electron chi connectivity index (χ3n) is 3.73. The lowest BCUT2D eigenvalue weighted by molar-refractivity contribution is 0.112. The maximum Gasteiger partial charge on any atom is 0.152 e. The summed E-state index contributed by atoms with van der Waals surface area (Å²) in [4.78, 5) is 13.2. The van der Waals surface area contributed by atoms with Gasteiger partial charge in [-0.05, 0) is 30.9 Å². The molecule has 0 amide bonds.